The lowest BCUT2D eigenvalue weighted by molar-refractivity contribution is -0.116. The molecular weight excluding hydrogens is 530 g/mol. The van der Waals surface area contributed by atoms with Crippen molar-refractivity contribution in [3.63, 3.8) is 0 Å². The van der Waals surface area contributed by atoms with Crippen LogP contribution in [0, 0.1) is 6.92 Å². The molecule has 1 heterocycles. The predicted octanol–water partition coefficient (Wildman–Crippen LogP) is 9.98. The topological polar surface area (TPSA) is 71.1 Å². The highest BCUT2D eigenvalue weighted by Crippen LogP contribution is 2.28. The first-order valence-corrected chi connectivity index (χ1v) is 15.2. The maximum atomic E-state index is 13.6. The molecule has 0 saturated heterocycles. The van der Waals surface area contributed by atoms with Crippen molar-refractivity contribution in [2.75, 3.05) is 10.6 Å². The van der Waals surface area contributed by atoms with Crippen LogP contribution in [0.4, 0.5) is 11.4 Å². The zero-order chi connectivity index (χ0) is 29.0. The Hall–Kier alpha value is -3.70. The summed E-state index contributed by atoms with van der Waals surface area (Å²) in [5.41, 5.74) is 5.16. The first-order chi connectivity index (χ1) is 19.9. The predicted molar refractivity (Wildman–Crippen MR) is 172 cm³/mol. The number of amides is 2. The van der Waals surface area contributed by atoms with E-state index >= 15 is 0 Å². The van der Waals surface area contributed by atoms with Gasteiger partial charge in [0.05, 0.1) is 16.8 Å². The van der Waals surface area contributed by atoms with Gasteiger partial charge in [-0.05, 0) is 55.3 Å². The molecule has 4 aromatic rings. The molecule has 0 aliphatic heterocycles. The van der Waals surface area contributed by atoms with Crippen molar-refractivity contribution in [1.29, 1.82) is 0 Å². The summed E-state index contributed by atoms with van der Waals surface area (Å²) in [5, 5.41) is 7.42. The van der Waals surface area contributed by atoms with Crippen molar-refractivity contribution in [3.8, 4) is 11.3 Å². The van der Waals surface area contributed by atoms with E-state index in [2.05, 4.69) is 17.6 Å². The number of rotatable bonds is 14. The number of hydrogen-bond donors (Lipinski definition) is 2. The molecule has 0 saturated carbocycles. The number of pyridine rings is 1. The number of anilines is 2. The van der Waals surface area contributed by atoms with Gasteiger partial charge >= 0.3 is 0 Å². The number of nitrogens with zero attached hydrogens (tertiary/aromatic N) is 1. The Morgan fingerprint density at radius 2 is 1.39 bits per heavy atom. The maximum Gasteiger partial charge on any atom is 0.256 e. The molecule has 0 aliphatic rings. The lowest BCUT2D eigenvalue weighted by Crippen LogP contribution is -2.14. The normalized spacial score (nSPS) is 11.0. The quantitative estimate of drug-likeness (QED) is 0.148. The number of halogens is 1. The first-order valence-electron chi connectivity index (χ1n) is 14.8. The summed E-state index contributed by atoms with van der Waals surface area (Å²) >= 11 is 6.09. The fourth-order valence-corrected chi connectivity index (χ4v) is 5.17. The number of unbranched alkanes of at least 4 members (excludes halogenated alkanes) is 8. The molecule has 4 rings (SSSR count). The number of carbonyl (C=O) groups excluding carboxylic acids is 2. The molecule has 0 spiro atoms. The van der Waals surface area contributed by atoms with Crippen LogP contribution in [0.5, 0.6) is 0 Å². The van der Waals surface area contributed by atoms with E-state index in [1.807, 2.05) is 73.7 Å². The van der Waals surface area contributed by atoms with Gasteiger partial charge in [-0.15, -0.1) is 0 Å². The summed E-state index contributed by atoms with van der Waals surface area (Å²) in [6.07, 6.45) is 11.5. The summed E-state index contributed by atoms with van der Waals surface area (Å²) in [5.74, 6) is -0.240. The van der Waals surface area contributed by atoms with Gasteiger partial charge in [0, 0.05) is 33.8 Å². The molecule has 0 fully saturated rings. The van der Waals surface area contributed by atoms with Gasteiger partial charge in [-0.3, -0.25) is 9.59 Å². The van der Waals surface area contributed by atoms with E-state index in [0.717, 1.165) is 34.9 Å². The van der Waals surface area contributed by atoms with E-state index in [0.29, 0.717) is 34.1 Å². The van der Waals surface area contributed by atoms with Crippen molar-refractivity contribution in [2.24, 2.45) is 0 Å². The highest BCUT2D eigenvalue weighted by atomic mass is 35.5. The third kappa shape index (κ3) is 8.89. The number of benzene rings is 3. The van der Waals surface area contributed by atoms with Gasteiger partial charge in [-0.2, -0.15) is 0 Å². The van der Waals surface area contributed by atoms with Crippen molar-refractivity contribution in [1.82, 2.24) is 4.98 Å². The fraction of sp³-hybridized carbons (Fsp3) is 0.343. The maximum absolute atomic E-state index is 13.6. The average molecular weight is 570 g/mol. The Morgan fingerprint density at radius 1 is 0.756 bits per heavy atom. The number of aromatic nitrogens is 1. The summed E-state index contributed by atoms with van der Waals surface area (Å²) in [7, 11) is 0. The van der Waals surface area contributed by atoms with E-state index in [9.17, 15) is 9.59 Å². The molecule has 1 aromatic heterocycles. The van der Waals surface area contributed by atoms with E-state index in [1.165, 1.54) is 44.9 Å². The van der Waals surface area contributed by atoms with Gasteiger partial charge < -0.3 is 10.6 Å². The van der Waals surface area contributed by atoms with Gasteiger partial charge in [-0.1, -0.05) is 106 Å². The van der Waals surface area contributed by atoms with Gasteiger partial charge in [0.25, 0.3) is 5.91 Å². The molecule has 6 heteroatoms. The molecule has 3 aromatic carbocycles. The molecule has 0 unspecified atom stereocenters. The SMILES string of the molecule is CCCCCCCCCCCC(=O)Nc1cccc(NC(=O)c2cc(-c3ccc(Cl)cc3)nc3c(C)cccc23)c1. The smallest absolute Gasteiger partial charge is 0.256 e. The number of aryl methyl sites for hydroxylation is 1. The summed E-state index contributed by atoms with van der Waals surface area (Å²) in [6.45, 7) is 4.23. The minimum Gasteiger partial charge on any atom is -0.326 e. The summed E-state index contributed by atoms with van der Waals surface area (Å²) in [4.78, 5) is 31.0. The molecule has 5 nitrogen and oxygen atoms in total. The number of carbonyl (C=O) groups is 2. The van der Waals surface area contributed by atoms with Gasteiger partial charge in [0.2, 0.25) is 5.91 Å². The monoisotopic (exact) mass is 569 g/mol. The molecule has 214 valence electrons. The summed E-state index contributed by atoms with van der Waals surface area (Å²) in [6, 6.07) is 22.4. The van der Waals surface area contributed by atoms with Gasteiger partial charge in [0.15, 0.2) is 0 Å². The molecule has 0 atom stereocenters. The largest absolute Gasteiger partial charge is 0.326 e. The number of nitrogens with one attached hydrogen (secondary N) is 2. The molecule has 0 bridgehead atoms. The molecule has 41 heavy (non-hydrogen) atoms. The van der Waals surface area contributed by atoms with E-state index < -0.39 is 0 Å². The van der Waals surface area contributed by atoms with Crippen LogP contribution in [-0.4, -0.2) is 16.8 Å². The Labute approximate surface area is 248 Å². The standard InChI is InChI=1S/C35H40ClN3O2/c1-3-4-5-6-7-8-9-10-11-18-33(40)37-28-15-13-16-29(23-28)38-35(41)31-24-32(26-19-21-27(36)22-20-26)39-34-25(2)14-12-17-30(31)34/h12-17,19-24H,3-11,18H2,1-2H3,(H,37,40)(H,38,41). The van der Waals surface area contributed by atoms with Crippen molar-refractivity contribution < 1.29 is 9.59 Å². The van der Waals surface area contributed by atoms with E-state index in [1.54, 1.807) is 6.07 Å². The molecule has 0 radical (unpaired) electrons. The highest BCUT2D eigenvalue weighted by molar-refractivity contribution is 6.30. The van der Waals surface area contributed by atoms with E-state index in [-0.39, 0.29) is 11.8 Å². The lowest BCUT2D eigenvalue weighted by atomic mass is 10.0. The minimum absolute atomic E-state index is 0.000341. The van der Waals surface area contributed by atoms with Crippen LogP contribution in [0.1, 0.15) is 87.1 Å². The number of para-hydroxylation sites is 1. The molecular formula is C35H40ClN3O2. The van der Waals surface area contributed by atoms with Crippen LogP contribution in [0.2, 0.25) is 5.02 Å². The van der Waals surface area contributed by atoms with Gasteiger partial charge in [-0.25, -0.2) is 4.98 Å². The third-order valence-corrected chi connectivity index (χ3v) is 7.59. The average Bonchev–Trinajstić information content (AvgIpc) is 2.96. The van der Waals surface area contributed by atoms with Crippen molar-refractivity contribution >= 4 is 45.7 Å². The second-order valence-corrected chi connectivity index (χ2v) is 11.1. The van der Waals surface area contributed by atoms with E-state index in [4.69, 9.17) is 16.6 Å². The Balaban J connectivity index is 1.38. The Bertz CT molecular complexity index is 1470. The van der Waals surface area contributed by atoms with Crippen LogP contribution < -0.4 is 10.6 Å². The third-order valence-electron chi connectivity index (χ3n) is 7.34. The van der Waals surface area contributed by atoms with Crippen LogP contribution in [-0.2, 0) is 4.79 Å². The molecule has 0 aliphatic carbocycles. The molecule has 2 N–H and O–H groups in total. The first kappa shape index (κ1) is 30.3. The zero-order valence-electron chi connectivity index (χ0n) is 24.1. The Morgan fingerprint density at radius 3 is 2.10 bits per heavy atom. The summed E-state index contributed by atoms with van der Waals surface area (Å²) < 4.78 is 0. The fourth-order valence-electron chi connectivity index (χ4n) is 5.04. The van der Waals surface area contributed by atoms with Crippen LogP contribution in [0.3, 0.4) is 0 Å². The second-order valence-electron chi connectivity index (χ2n) is 10.7. The van der Waals surface area contributed by atoms with Crippen molar-refractivity contribution in [3.05, 3.63) is 88.9 Å². The second kappa shape index (κ2) is 15.3. The zero-order valence-corrected chi connectivity index (χ0v) is 24.9. The van der Waals surface area contributed by atoms with Crippen LogP contribution >= 0.6 is 11.6 Å². The van der Waals surface area contributed by atoms with Crippen molar-refractivity contribution in [2.45, 2.75) is 78.1 Å². The van der Waals surface area contributed by atoms with Crippen LogP contribution in [0.15, 0.2) is 72.8 Å². The minimum atomic E-state index is -0.239. The molecule has 2 amide bonds. The van der Waals surface area contributed by atoms with Crippen LogP contribution in [0.25, 0.3) is 22.2 Å². The highest BCUT2D eigenvalue weighted by Gasteiger charge is 2.16. The number of fused-ring (bicyclic) bond motifs is 1. The lowest BCUT2D eigenvalue weighted by Gasteiger charge is -2.13. The Kier molecular flexibility index (Phi) is 11.3. The van der Waals surface area contributed by atoms with Gasteiger partial charge in [0.1, 0.15) is 0 Å². The number of hydrogen-bond acceptors (Lipinski definition) is 3.